The Morgan fingerprint density at radius 3 is 2.68 bits per heavy atom. The van der Waals surface area contributed by atoms with E-state index in [0.717, 1.165) is 68.1 Å². The lowest BCUT2D eigenvalue weighted by molar-refractivity contribution is -0.194. The van der Waals surface area contributed by atoms with Crippen molar-refractivity contribution in [3.8, 4) is 0 Å². The molecular formula is C49H70N2O6. The number of rotatable bonds is 14. The molecule has 4 aliphatic carbocycles. The Morgan fingerprint density at radius 2 is 1.95 bits per heavy atom. The smallest absolute Gasteiger partial charge is 0.145 e. The zero-order chi connectivity index (χ0) is 40.8. The van der Waals surface area contributed by atoms with Gasteiger partial charge >= 0.3 is 0 Å². The summed E-state index contributed by atoms with van der Waals surface area (Å²) in [5.74, 6) is -0.354. The number of fused-ring (bicyclic) bond motifs is 6. The molecule has 8 heteroatoms. The fourth-order valence-corrected chi connectivity index (χ4v) is 11.8. The van der Waals surface area contributed by atoms with Gasteiger partial charge in [-0.2, -0.15) is 0 Å². The van der Waals surface area contributed by atoms with E-state index >= 15 is 0 Å². The average molecular weight is 783 g/mol. The van der Waals surface area contributed by atoms with Crippen molar-refractivity contribution in [2.24, 2.45) is 40.9 Å². The molecule has 1 heterocycles. The molecular weight excluding hydrogens is 713 g/mol. The third-order valence-electron chi connectivity index (χ3n) is 14.8. The fourth-order valence-electron chi connectivity index (χ4n) is 11.8. The number of aldehydes is 1. The first kappa shape index (κ1) is 43.6. The predicted octanol–water partition coefficient (Wildman–Crippen LogP) is 6.36. The van der Waals surface area contributed by atoms with Gasteiger partial charge in [0.1, 0.15) is 6.29 Å². The van der Waals surface area contributed by atoms with Gasteiger partial charge in [-0.25, -0.2) is 0 Å². The number of carbonyl (C=O) groups is 1. The molecule has 6 rings (SSSR count). The maximum atomic E-state index is 12.8. The van der Waals surface area contributed by atoms with E-state index in [1.54, 1.807) is 7.11 Å². The molecule has 10 atom stereocenters. The highest BCUT2D eigenvalue weighted by Crippen LogP contribution is 2.67. The minimum atomic E-state index is -1.22. The molecule has 8 nitrogen and oxygen atoms in total. The van der Waals surface area contributed by atoms with Crippen molar-refractivity contribution in [2.45, 2.75) is 102 Å². The average Bonchev–Trinajstić information content (AvgIpc) is 3.55. The van der Waals surface area contributed by atoms with Crippen molar-refractivity contribution in [3.05, 3.63) is 106 Å². The summed E-state index contributed by atoms with van der Waals surface area (Å²) in [6.07, 6.45) is 21.4. The van der Waals surface area contributed by atoms with Crippen molar-refractivity contribution >= 4 is 6.29 Å². The summed E-state index contributed by atoms with van der Waals surface area (Å²) in [5.41, 5.74) is 5.28. The number of methoxy groups -OCH3 is 1. The van der Waals surface area contributed by atoms with E-state index in [-0.39, 0.29) is 48.3 Å². The maximum Gasteiger partial charge on any atom is 0.145 e. The molecule has 0 unspecified atom stereocenters. The molecule has 0 amide bonds. The third-order valence-corrected chi connectivity index (χ3v) is 14.8. The Morgan fingerprint density at radius 1 is 1.14 bits per heavy atom. The third kappa shape index (κ3) is 8.98. The van der Waals surface area contributed by atoms with Gasteiger partial charge < -0.3 is 35.8 Å². The lowest BCUT2D eigenvalue weighted by Gasteiger charge is -2.61. The van der Waals surface area contributed by atoms with E-state index in [0.29, 0.717) is 56.7 Å². The summed E-state index contributed by atoms with van der Waals surface area (Å²) in [7, 11) is 3.65. The van der Waals surface area contributed by atoms with Gasteiger partial charge in [-0.3, -0.25) is 4.79 Å². The summed E-state index contributed by atoms with van der Waals surface area (Å²) in [6.45, 7) is 10.7. The van der Waals surface area contributed by atoms with Crippen LogP contribution in [0.3, 0.4) is 0 Å². The van der Waals surface area contributed by atoms with Crippen LogP contribution < -0.4 is 10.6 Å². The van der Waals surface area contributed by atoms with E-state index in [1.165, 1.54) is 16.7 Å². The van der Waals surface area contributed by atoms with Crippen molar-refractivity contribution in [1.29, 1.82) is 0 Å². The maximum absolute atomic E-state index is 12.8. The molecule has 1 aromatic rings. The first-order valence-electron chi connectivity index (χ1n) is 21.6. The number of hydrogen-bond acceptors (Lipinski definition) is 8. The lowest BCUT2D eigenvalue weighted by atomic mass is 9.45. The van der Waals surface area contributed by atoms with Gasteiger partial charge in [0, 0.05) is 49.7 Å². The molecule has 1 aromatic carbocycles. The van der Waals surface area contributed by atoms with Gasteiger partial charge in [-0.1, -0.05) is 84.0 Å². The normalized spacial score (nSPS) is 36.5. The number of allylic oxidation sites excluding steroid dienone is 9. The van der Waals surface area contributed by atoms with Crippen LogP contribution >= 0.6 is 0 Å². The largest absolute Gasteiger partial charge is 0.396 e. The van der Waals surface area contributed by atoms with Crippen LogP contribution in [0.4, 0.5) is 0 Å². The van der Waals surface area contributed by atoms with Gasteiger partial charge in [0.05, 0.1) is 18.3 Å². The van der Waals surface area contributed by atoms with Gasteiger partial charge in [-0.05, 0) is 144 Å². The van der Waals surface area contributed by atoms with Gasteiger partial charge in [0.15, 0.2) is 0 Å². The molecule has 1 spiro atoms. The summed E-state index contributed by atoms with van der Waals surface area (Å²) < 4.78 is 5.50. The van der Waals surface area contributed by atoms with E-state index in [4.69, 9.17) is 4.74 Å². The molecule has 2 saturated carbocycles. The van der Waals surface area contributed by atoms with E-state index < -0.39 is 17.1 Å². The highest BCUT2D eigenvalue weighted by atomic mass is 16.5. The molecule has 6 bridgehead atoms. The molecule has 5 aliphatic rings. The molecule has 57 heavy (non-hydrogen) atoms. The molecule has 312 valence electrons. The number of benzene rings is 1. The van der Waals surface area contributed by atoms with Crippen LogP contribution in [0.1, 0.15) is 82.8 Å². The standard InChI is InChI=1S/C49H70N2O6/c1-33(43-27-35-10-7-11-36(25-35)28-47(3,21-24-57-5)51-30-37-12-8-13-39(43)26-37)9-6-14-41(32-54)42-17-19-49(46(42)55)45-38(18-23-52)15-16-40(44(45)34(2)31-53)29-48(49,56)20-22-50-4/h6-7,9-11,14-16,25-26,31,38-40,42-43,45-46,50-52,54-56H,1,8,12-13,17-24,27-30,32H2,2-5H3/b9-6+,41-14-,44-34?/t38-,39-,40-,42-,43-,45-,46+,47+,48+,49+/m0/s1. The van der Waals surface area contributed by atoms with Crippen LogP contribution in [0.25, 0.3) is 0 Å². The Labute approximate surface area is 342 Å². The minimum Gasteiger partial charge on any atom is -0.396 e. The van der Waals surface area contributed by atoms with Crippen LogP contribution in [0.5, 0.6) is 0 Å². The number of aliphatic hydroxyl groups is 4. The second-order valence-electron chi connectivity index (χ2n) is 18.3. The van der Waals surface area contributed by atoms with Crippen molar-refractivity contribution in [3.63, 3.8) is 0 Å². The molecule has 0 saturated heterocycles. The minimum absolute atomic E-state index is 0.0276. The number of aliphatic hydroxyl groups excluding tert-OH is 3. The van der Waals surface area contributed by atoms with Crippen LogP contribution in [0, 0.1) is 40.9 Å². The summed E-state index contributed by atoms with van der Waals surface area (Å²) in [5, 5.41) is 53.7. The van der Waals surface area contributed by atoms with Crippen LogP contribution in [0.15, 0.2) is 95.2 Å². The van der Waals surface area contributed by atoms with Crippen molar-refractivity contribution in [1.82, 2.24) is 10.6 Å². The van der Waals surface area contributed by atoms with Crippen molar-refractivity contribution < 1.29 is 30.0 Å². The molecule has 6 N–H and O–H groups in total. The number of nitrogens with one attached hydrogen (secondary N) is 2. The predicted molar refractivity (Wildman–Crippen MR) is 228 cm³/mol. The van der Waals surface area contributed by atoms with E-state index in [2.05, 4.69) is 72.7 Å². The summed E-state index contributed by atoms with van der Waals surface area (Å²) >= 11 is 0. The van der Waals surface area contributed by atoms with Gasteiger partial charge in [0.2, 0.25) is 0 Å². The van der Waals surface area contributed by atoms with Crippen LogP contribution in [0.2, 0.25) is 0 Å². The second-order valence-corrected chi connectivity index (χ2v) is 18.3. The Hall–Kier alpha value is -2.95. The highest BCUT2D eigenvalue weighted by molar-refractivity contribution is 5.74. The monoisotopic (exact) mass is 783 g/mol. The number of hydrogen-bond donors (Lipinski definition) is 6. The Kier molecular flexibility index (Phi) is 14.5. The second kappa shape index (κ2) is 19.0. The molecule has 0 aromatic heterocycles. The molecule has 0 radical (unpaired) electrons. The quantitative estimate of drug-likeness (QED) is 0.0557. The summed E-state index contributed by atoms with van der Waals surface area (Å²) in [6, 6.07) is 9.02. The fraction of sp³-hybridized carbons (Fsp3) is 0.612. The topological polar surface area (TPSA) is 131 Å². The number of ether oxygens (including phenoxy) is 1. The Balaban J connectivity index is 1.29. The van der Waals surface area contributed by atoms with E-state index in [1.807, 2.05) is 26.1 Å². The SMILES string of the molecule is C=C(/C=C/C=C(/CO)[C@@H]1CC[C@]2([C@@H]1O)[C@@H]1C(=C(C)C=O)[C@@H](C=C[C@H]1CCO)C[C@]2(O)CCNC)[C@@H]1Cc2cccc(c2)C[C@@](C)(CCOC)NCC2=C[C@@H]1CCC2. The lowest BCUT2D eigenvalue weighted by Crippen LogP contribution is -2.65. The summed E-state index contributed by atoms with van der Waals surface area (Å²) in [4.78, 5) is 12.3. The number of carbonyl (C=O) groups excluding carboxylic acids is 1. The van der Waals surface area contributed by atoms with Crippen LogP contribution in [-0.2, 0) is 22.4 Å². The van der Waals surface area contributed by atoms with Crippen LogP contribution in [-0.4, -0.2) is 91.0 Å². The molecule has 1 aliphatic heterocycles. The Bertz CT molecular complexity index is 1740. The van der Waals surface area contributed by atoms with Gasteiger partial charge in [0.25, 0.3) is 0 Å². The zero-order valence-electron chi connectivity index (χ0n) is 35.0. The van der Waals surface area contributed by atoms with Crippen molar-refractivity contribution in [2.75, 3.05) is 47.1 Å². The highest BCUT2D eigenvalue weighted by Gasteiger charge is 2.68. The van der Waals surface area contributed by atoms with E-state index in [9.17, 15) is 25.2 Å². The zero-order valence-corrected chi connectivity index (χ0v) is 35.0. The van der Waals surface area contributed by atoms with Gasteiger partial charge in [-0.15, -0.1) is 0 Å². The molecule has 2 fully saturated rings. The first-order chi connectivity index (χ1) is 27.5. The first-order valence-corrected chi connectivity index (χ1v) is 21.6.